The fourth-order valence-electron chi connectivity index (χ4n) is 3.32. The molecule has 0 spiro atoms. The molecule has 1 aliphatic rings. The molecule has 1 saturated heterocycles. The summed E-state index contributed by atoms with van der Waals surface area (Å²) in [6, 6.07) is 14.3. The Hall–Kier alpha value is -1.58. The van der Waals surface area contributed by atoms with Gasteiger partial charge in [0.25, 0.3) is 0 Å². The van der Waals surface area contributed by atoms with Gasteiger partial charge in [0.15, 0.2) is 5.96 Å². The van der Waals surface area contributed by atoms with Crippen molar-refractivity contribution in [3.63, 3.8) is 0 Å². The van der Waals surface area contributed by atoms with E-state index in [1.807, 2.05) is 18.2 Å². The number of rotatable bonds is 10. The highest BCUT2D eigenvalue weighted by Gasteiger charge is 2.25. The predicted molar refractivity (Wildman–Crippen MR) is 126 cm³/mol. The number of methoxy groups -OCH3 is 1. The molecular formula is C22H32IN3O3. The van der Waals surface area contributed by atoms with E-state index in [9.17, 15) is 0 Å². The SMILES string of the molecule is COCCOCC1CCN(C(=NCc2ccccc2)NCCc2ccco2)C1.I. The van der Waals surface area contributed by atoms with E-state index in [0.717, 1.165) is 50.8 Å². The number of hydrogen-bond acceptors (Lipinski definition) is 4. The number of guanidine groups is 1. The fourth-order valence-corrected chi connectivity index (χ4v) is 3.32. The number of nitrogens with one attached hydrogen (secondary N) is 1. The summed E-state index contributed by atoms with van der Waals surface area (Å²) in [5.74, 6) is 2.49. The molecule has 29 heavy (non-hydrogen) atoms. The lowest BCUT2D eigenvalue weighted by Gasteiger charge is -2.22. The van der Waals surface area contributed by atoms with Gasteiger partial charge in [0.2, 0.25) is 0 Å². The van der Waals surface area contributed by atoms with E-state index in [2.05, 4.69) is 34.5 Å². The largest absolute Gasteiger partial charge is 0.469 e. The van der Waals surface area contributed by atoms with E-state index >= 15 is 0 Å². The molecule has 160 valence electrons. The van der Waals surface area contributed by atoms with Crippen molar-refractivity contribution in [1.29, 1.82) is 0 Å². The molecule has 1 N–H and O–H groups in total. The van der Waals surface area contributed by atoms with Crippen LogP contribution in [0, 0.1) is 5.92 Å². The Morgan fingerprint density at radius 1 is 1.21 bits per heavy atom. The maximum absolute atomic E-state index is 5.72. The van der Waals surface area contributed by atoms with Crippen molar-refractivity contribution in [1.82, 2.24) is 10.2 Å². The van der Waals surface area contributed by atoms with E-state index in [1.54, 1.807) is 13.4 Å². The molecule has 1 aromatic carbocycles. The molecular weight excluding hydrogens is 481 g/mol. The van der Waals surface area contributed by atoms with Crippen LogP contribution in [0.2, 0.25) is 0 Å². The average Bonchev–Trinajstić information content (AvgIpc) is 3.41. The molecule has 0 amide bonds. The molecule has 2 aromatic rings. The molecule has 1 aliphatic heterocycles. The van der Waals surface area contributed by atoms with E-state index in [1.165, 1.54) is 5.56 Å². The van der Waals surface area contributed by atoms with Crippen LogP contribution in [-0.4, -0.2) is 57.4 Å². The number of furan rings is 1. The Morgan fingerprint density at radius 2 is 2.07 bits per heavy atom. The zero-order valence-corrected chi connectivity index (χ0v) is 19.4. The molecule has 0 bridgehead atoms. The van der Waals surface area contributed by atoms with Crippen LogP contribution in [0.5, 0.6) is 0 Å². The van der Waals surface area contributed by atoms with Crippen LogP contribution in [0.3, 0.4) is 0 Å². The first-order chi connectivity index (χ1) is 13.8. The standard InChI is InChI=1S/C22H31N3O3.HI/c1-26-14-15-27-18-20-10-12-25(17-20)22(23-11-9-21-8-5-13-28-21)24-16-19-6-3-2-4-7-19;/h2-8,13,20H,9-12,14-18H2,1H3,(H,23,24);1H. The van der Waals surface area contributed by atoms with Crippen LogP contribution in [0.15, 0.2) is 58.1 Å². The molecule has 2 heterocycles. The summed E-state index contributed by atoms with van der Waals surface area (Å²) in [5, 5.41) is 3.52. The van der Waals surface area contributed by atoms with Crippen LogP contribution in [0.25, 0.3) is 0 Å². The molecule has 6 nitrogen and oxygen atoms in total. The number of nitrogens with zero attached hydrogens (tertiary/aromatic N) is 2. The molecule has 1 fully saturated rings. The van der Waals surface area contributed by atoms with Crippen LogP contribution in [0.1, 0.15) is 17.7 Å². The Labute approximate surface area is 190 Å². The number of aliphatic imine (C=N–C) groups is 1. The third-order valence-corrected chi connectivity index (χ3v) is 4.86. The van der Waals surface area contributed by atoms with Gasteiger partial charge in [-0.1, -0.05) is 30.3 Å². The van der Waals surface area contributed by atoms with E-state index < -0.39 is 0 Å². The van der Waals surface area contributed by atoms with Crippen LogP contribution < -0.4 is 5.32 Å². The van der Waals surface area contributed by atoms with Gasteiger partial charge in [-0.3, -0.25) is 0 Å². The summed E-state index contributed by atoms with van der Waals surface area (Å²) < 4.78 is 16.2. The van der Waals surface area contributed by atoms with Crippen molar-refractivity contribution in [2.24, 2.45) is 10.9 Å². The average molecular weight is 513 g/mol. The molecule has 0 radical (unpaired) electrons. The maximum atomic E-state index is 5.72. The topological polar surface area (TPSA) is 59.2 Å². The number of hydrogen-bond donors (Lipinski definition) is 1. The minimum atomic E-state index is 0. The second-order valence-electron chi connectivity index (χ2n) is 7.05. The summed E-state index contributed by atoms with van der Waals surface area (Å²) in [5.41, 5.74) is 1.21. The first kappa shape index (κ1) is 23.7. The molecule has 1 aromatic heterocycles. The summed E-state index contributed by atoms with van der Waals surface area (Å²) in [7, 11) is 1.70. The normalized spacial score (nSPS) is 16.7. The molecule has 0 aliphatic carbocycles. The van der Waals surface area contributed by atoms with Gasteiger partial charge in [0.05, 0.1) is 32.6 Å². The van der Waals surface area contributed by atoms with E-state index in [0.29, 0.717) is 25.7 Å². The minimum absolute atomic E-state index is 0. The van der Waals surface area contributed by atoms with Crippen molar-refractivity contribution >= 4 is 29.9 Å². The van der Waals surface area contributed by atoms with Gasteiger partial charge >= 0.3 is 0 Å². The lowest BCUT2D eigenvalue weighted by atomic mass is 10.1. The third kappa shape index (κ3) is 8.36. The summed E-state index contributed by atoms with van der Waals surface area (Å²) >= 11 is 0. The van der Waals surface area contributed by atoms with Crippen LogP contribution in [-0.2, 0) is 22.4 Å². The lowest BCUT2D eigenvalue weighted by Crippen LogP contribution is -2.41. The Bertz CT molecular complexity index is 695. The van der Waals surface area contributed by atoms with Crippen LogP contribution >= 0.6 is 24.0 Å². The summed E-state index contributed by atoms with van der Waals surface area (Å²) in [4.78, 5) is 7.22. The van der Waals surface area contributed by atoms with Gasteiger partial charge < -0.3 is 24.1 Å². The number of likely N-dealkylation sites (tertiary alicyclic amines) is 1. The predicted octanol–water partition coefficient (Wildman–Crippen LogP) is 3.57. The van der Waals surface area contributed by atoms with Crippen molar-refractivity contribution in [2.75, 3.05) is 46.6 Å². The van der Waals surface area contributed by atoms with Crippen molar-refractivity contribution in [3.8, 4) is 0 Å². The van der Waals surface area contributed by atoms with Crippen LogP contribution in [0.4, 0.5) is 0 Å². The van der Waals surface area contributed by atoms with Gasteiger partial charge in [0.1, 0.15) is 5.76 Å². The first-order valence-electron chi connectivity index (χ1n) is 10.0. The molecule has 1 atom stereocenters. The molecule has 7 heteroatoms. The highest BCUT2D eigenvalue weighted by molar-refractivity contribution is 14.0. The first-order valence-corrected chi connectivity index (χ1v) is 10.0. The zero-order valence-electron chi connectivity index (χ0n) is 17.1. The van der Waals surface area contributed by atoms with Crippen molar-refractivity contribution < 1.29 is 13.9 Å². The number of halogens is 1. The summed E-state index contributed by atoms with van der Waals surface area (Å²) in [6.45, 7) is 5.52. The quantitative estimate of drug-likeness (QED) is 0.228. The van der Waals surface area contributed by atoms with Gasteiger partial charge in [-0.05, 0) is 24.1 Å². The maximum Gasteiger partial charge on any atom is 0.194 e. The molecule has 3 rings (SSSR count). The second-order valence-corrected chi connectivity index (χ2v) is 7.05. The van der Waals surface area contributed by atoms with Crippen molar-refractivity contribution in [2.45, 2.75) is 19.4 Å². The third-order valence-electron chi connectivity index (χ3n) is 4.86. The Balaban J connectivity index is 0.00000300. The summed E-state index contributed by atoms with van der Waals surface area (Å²) in [6.07, 6.45) is 3.68. The number of benzene rings is 1. The molecule has 1 unspecified atom stereocenters. The monoisotopic (exact) mass is 513 g/mol. The lowest BCUT2D eigenvalue weighted by molar-refractivity contribution is 0.0536. The Morgan fingerprint density at radius 3 is 2.83 bits per heavy atom. The highest BCUT2D eigenvalue weighted by Crippen LogP contribution is 2.17. The molecule has 0 saturated carbocycles. The van der Waals surface area contributed by atoms with Gasteiger partial charge in [-0.2, -0.15) is 0 Å². The fraction of sp³-hybridized carbons (Fsp3) is 0.500. The van der Waals surface area contributed by atoms with E-state index in [-0.39, 0.29) is 24.0 Å². The van der Waals surface area contributed by atoms with Gasteiger partial charge in [-0.15, -0.1) is 24.0 Å². The van der Waals surface area contributed by atoms with Crippen molar-refractivity contribution in [3.05, 3.63) is 60.1 Å². The van der Waals surface area contributed by atoms with E-state index in [4.69, 9.17) is 18.9 Å². The number of ether oxygens (including phenoxy) is 2. The van der Waals surface area contributed by atoms with Gasteiger partial charge in [0, 0.05) is 39.1 Å². The second kappa shape index (κ2) is 13.6. The smallest absolute Gasteiger partial charge is 0.194 e. The Kier molecular flexibility index (Phi) is 11.1. The van der Waals surface area contributed by atoms with Gasteiger partial charge in [-0.25, -0.2) is 4.99 Å². The highest BCUT2D eigenvalue weighted by atomic mass is 127. The minimum Gasteiger partial charge on any atom is -0.469 e. The zero-order chi connectivity index (χ0) is 19.4.